The number of halogens is 2. The van der Waals surface area contributed by atoms with Crippen molar-refractivity contribution in [2.24, 2.45) is 0 Å². The fourth-order valence-electron chi connectivity index (χ4n) is 1.45. The zero-order valence-electron chi connectivity index (χ0n) is 8.76. The Labute approximate surface area is 102 Å². The maximum Gasteiger partial charge on any atom is 0.138 e. The normalized spacial score (nSPS) is 10.7. The summed E-state index contributed by atoms with van der Waals surface area (Å²) in [7, 11) is 1.85. The standard InChI is InChI=1S/C12H11BrFNO/c1-15-7-9-3-5-12(16-9)8-2-4-10(13)11(14)6-8/h2-6,15H,7H2,1H3. The Balaban J connectivity index is 2.31. The molecule has 2 aromatic rings. The lowest BCUT2D eigenvalue weighted by atomic mass is 10.2. The zero-order valence-corrected chi connectivity index (χ0v) is 10.3. The van der Waals surface area contributed by atoms with Crippen LogP contribution in [0.4, 0.5) is 4.39 Å². The molecule has 1 N–H and O–H groups in total. The molecule has 1 heterocycles. The minimum atomic E-state index is -0.288. The van der Waals surface area contributed by atoms with Crippen LogP contribution in [0.5, 0.6) is 0 Å². The van der Waals surface area contributed by atoms with Gasteiger partial charge in [-0.15, -0.1) is 0 Å². The van der Waals surface area contributed by atoms with Crippen molar-refractivity contribution in [3.05, 3.63) is 46.4 Å². The van der Waals surface area contributed by atoms with E-state index in [1.807, 2.05) is 25.2 Å². The molecule has 0 amide bonds. The highest BCUT2D eigenvalue weighted by Crippen LogP contribution is 2.26. The first-order valence-corrected chi connectivity index (χ1v) is 5.69. The number of rotatable bonds is 3. The largest absolute Gasteiger partial charge is 0.460 e. The minimum Gasteiger partial charge on any atom is -0.460 e. The molecule has 0 unspecified atom stereocenters. The molecule has 0 spiro atoms. The maximum absolute atomic E-state index is 13.3. The molecular formula is C12H11BrFNO. The van der Waals surface area contributed by atoms with Gasteiger partial charge < -0.3 is 9.73 Å². The molecule has 2 rings (SSSR count). The molecule has 16 heavy (non-hydrogen) atoms. The van der Waals surface area contributed by atoms with Crippen LogP contribution in [0, 0.1) is 5.82 Å². The average molecular weight is 284 g/mol. The van der Waals surface area contributed by atoms with Crippen LogP contribution in [0.25, 0.3) is 11.3 Å². The summed E-state index contributed by atoms with van der Waals surface area (Å²) >= 11 is 3.12. The second-order valence-electron chi connectivity index (χ2n) is 3.43. The Morgan fingerprint density at radius 1 is 1.31 bits per heavy atom. The molecule has 4 heteroatoms. The highest BCUT2D eigenvalue weighted by Gasteiger charge is 2.07. The van der Waals surface area contributed by atoms with Crippen molar-refractivity contribution in [1.82, 2.24) is 5.32 Å². The molecule has 2 nitrogen and oxygen atoms in total. The predicted molar refractivity (Wildman–Crippen MR) is 64.6 cm³/mol. The lowest BCUT2D eigenvalue weighted by Gasteiger charge is -1.99. The minimum absolute atomic E-state index is 0.288. The molecule has 0 atom stereocenters. The molecule has 84 valence electrons. The highest BCUT2D eigenvalue weighted by molar-refractivity contribution is 9.10. The third kappa shape index (κ3) is 2.33. The van der Waals surface area contributed by atoms with Crippen LogP contribution in [0.1, 0.15) is 5.76 Å². The number of benzene rings is 1. The Bertz CT molecular complexity index is 496. The van der Waals surface area contributed by atoms with Gasteiger partial charge in [-0.3, -0.25) is 0 Å². The zero-order chi connectivity index (χ0) is 11.5. The summed E-state index contributed by atoms with van der Waals surface area (Å²) in [5.74, 6) is 1.22. The van der Waals surface area contributed by atoms with Crippen LogP contribution in [-0.4, -0.2) is 7.05 Å². The van der Waals surface area contributed by atoms with Crippen LogP contribution in [0.2, 0.25) is 0 Å². The summed E-state index contributed by atoms with van der Waals surface area (Å²) in [5.41, 5.74) is 0.739. The third-order valence-electron chi connectivity index (χ3n) is 2.22. The van der Waals surface area contributed by atoms with Gasteiger partial charge in [-0.2, -0.15) is 0 Å². The van der Waals surface area contributed by atoms with Crippen molar-refractivity contribution in [3.8, 4) is 11.3 Å². The van der Waals surface area contributed by atoms with Crippen LogP contribution in [0.15, 0.2) is 39.2 Å². The summed E-state index contributed by atoms with van der Waals surface area (Å²) < 4.78 is 19.3. The fourth-order valence-corrected chi connectivity index (χ4v) is 1.70. The lowest BCUT2D eigenvalue weighted by molar-refractivity contribution is 0.506. The van der Waals surface area contributed by atoms with Crippen LogP contribution in [0.3, 0.4) is 0 Å². The topological polar surface area (TPSA) is 25.2 Å². The van der Waals surface area contributed by atoms with E-state index in [1.54, 1.807) is 6.07 Å². The molecule has 0 aliphatic heterocycles. The first-order valence-electron chi connectivity index (χ1n) is 4.89. The van der Waals surface area contributed by atoms with E-state index in [9.17, 15) is 4.39 Å². The van der Waals surface area contributed by atoms with E-state index < -0.39 is 0 Å². The van der Waals surface area contributed by atoms with Gasteiger partial charge in [-0.1, -0.05) is 0 Å². The van der Waals surface area contributed by atoms with Crippen molar-refractivity contribution in [2.75, 3.05) is 7.05 Å². The molecular weight excluding hydrogens is 273 g/mol. The summed E-state index contributed by atoms with van der Waals surface area (Å²) in [6.45, 7) is 0.666. The summed E-state index contributed by atoms with van der Waals surface area (Å²) in [5, 5.41) is 2.99. The van der Waals surface area contributed by atoms with E-state index in [0.29, 0.717) is 16.8 Å². The van der Waals surface area contributed by atoms with Gasteiger partial charge in [-0.25, -0.2) is 4.39 Å². The Morgan fingerprint density at radius 2 is 2.12 bits per heavy atom. The molecule has 0 aliphatic carbocycles. The van der Waals surface area contributed by atoms with E-state index in [0.717, 1.165) is 11.3 Å². The van der Waals surface area contributed by atoms with E-state index in [2.05, 4.69) is 21.2 Å². The highest BCUT2D eigenvalue weighted by atomic mass is 79.9. The summed E-state index contributed by atoms with van der Waals surface area (Å²) in [6, 6.07) is 8.66. The Morgan fingerprint density at radius 3 is 2.81 bits per heavy atom. The SMILES string of the molecule is CNCc1ccc(-c2ccc(Br)c(F)c2)o1. The van der Waals surface area contributed by atoms with Gasteiger partial charge in [0.25, 0.3) is 0 Å². The van der Waals surface area contributed by atoms with Crippen molar-refractivity contribution in [3.63, 3.8) is 0 Å². The van der Waals surface area contributed by atoms with E-state index in [-0.39, 0.29) is 5.82 Å². The van der Waals surface area contributed by atoms with Crippen molar-refractivity contribution in [2.45, 2.75) is 6.54 Å². The van der Waals surface area contributed by atoms with E-state index in [1.165, 1.54) is 6.07 Å². The molecule has 0 saturated carbocycles. The monoisotopic (exact) mass is 283 g/mol. The third-order valence-corrected chi connectivity index (χ3v) is 2.86. The van der Waals surface area contributed by atoms with E-state index >= 15 is 0 Å². The van der Waals surface area contributed by atoms with Gasteiger partial charge in [0.1, 0.15) is 17.3 Å². The first kappa shape index (κ1) is 11.4. The van der Waals surface area contributed by atoms with Crippen molar-refractivity contribution >= 4 is 15.9 Å². The van der Waals surface area contributed by atoms with Gasteiger partial charge in [0, 0.05) is 5.56 Å². The van der Waals surface area contributed by atoms with Gasteiger partial charge >= 0.3 is 0 Å². The number of hydrogen-bond acceptors (Lipinski definition) is 2. The molecule has 0 saturated heterocycles. The molecule has 0 fully saturated rings. The van der Waals surface area contributed by atoms with Crippen LogP contribution in [-0.2, 0) is 6.54 Å². The van der Waals surface area contributed by atoms with Crippen molar-refractivity contribution in [1.29, 1.82) is 0 Å². The second kappa shape index (κ2) is 4.80. The number of furan rings is 1. The molecule has 0 aliphatic rings. The van der Waals surface area contributed by atoms with Gasteiger partial charge in [-0.05, 0) is 53.3 Å². The van der Waals surface area contributed by atoms with E-state index in [4.69, 9.17) is 4.42 Å². The van der Waals surface area contributed by atoms with Gasteiger partial charge in [0.15, 0.2) is 0 Å². The number of hydrogen-bond donors (Lipinski definition) is 1. The predicted octanol–water partition coefficient (Wildman–Crippen LogP) is 3.57. The average Bonchev–Trinajstić information content (AvgIpc) is 2.71. The maximum atomic E-state index is 13.3. The molecule has 1 aromatic heterocycles. The van der Waals surface area contributed by atoms with Gasteiger partial charge in [0.05, 0.1) is 11.0 Å². The molecule has 0 radical (unpaired) electrons. The summed E-state index contributed by atoms with van der Waals surface area (Å²) in [4.78, 5) is 0. The smallest absolute Gasteiger partial charge is 0.138 e. The summed E-state index contributed by atoms with van der Waals surface area (Å²) in [6.07, 6.45) is 0. The number of nitrogens with one attached hydrogen (secondary N) is 1. The lowest BCUT2D eigenvalue weighted by Crippen LogP contribution is -2.03. The molecule has 0 bridgehead atoms. The first-order chi connectivity index (χ1) is 7.70. The van der Waals surface area contributed by atoms with Crippen LogP contribution < -0.4 is 5.32 Å². The van der Waals surface area contributed by atoms with Crippen LogP contribution >= 0.6 is 15.9 Å². The fraction of sp³-hybridized carbons (Fsp3) is 0.167. The molecule has 1 aromatic carbocycles. The van der Waals surface area contributed by atoms with Crippen molar-refractivity contribution < 1.29 is 8.81 Å². The van der Waals surface area contributed by atoms with Gasteiger partial charge in [0.2, 0.25) is 0 Å². The Kier molecular flexibility index (Phi) is 3.41. The Hall–Kier alpha value is -1.13. The second-order valence-corrected chi connectivity index (χ2v) is 4.28. The quantitative estimate of drug-likeness (QED) is 0.932.